The van der Waals surface area contributed by atoms with Crippen LogP contribution in [-0.2, 0) is 9.59 Å². The molecule has 21 heavy (non-hydrogen) atoms. The summed E-state index contributed by atoms with van der Waals surface area (Å²) >= 11 is 0. The Labute approximate surface area is 119 Å². The summed E-state index contributed by atoms with van der Waals surface area (Å²) < 4.78 is 13.1. The van der Waals surface area contributed by atoms with Gasteiger partial charge in [-0.1, -0.05) is 6.07 Å². The molecule has 0 radical (unpaired) electrons. The van der Waals surface area contributed by atoms with Gasteiger partial charge < -0.3 is 20.6 Å². The van der Waals surface area contributed by atoms with E-state index in [0.29, 0.717) is 0 Å². The van der Waals surface area contributed by atoms with Crippen molar-refractivity contribution in [2.75, 3.05) is 18.4 Å². The lowest BCUT2D eigenvalue weighted by molar-refractivity contribution is -0.142. The summed E-state index contributed by atoms with van der Waals surface area (Å²) in [6, 6.07) is 3.58. The van der Waals surface area contributed by atoms with Gasteiger partial charge in [0.15, 0.2) is 0 Å². The highest BCUT2D eigenvalue weighted by Gasteiger charge is 2.34. The Hall–Kier alpha value is -2.64. The normalized spacial score (nSPS) is 18.0. The Morgan fingerprint density at radius 1 is 1.48 bits per heavy atom. The Kier molecular flexibility index (Phi) is 4.36. The number of amides is 3. The highest BCUT2D eigenvalue weighted by atomic mass is 19.1. The van der Waals surface area contributed by atoms with Crippen molar-refractivity contribution in [3.05, 3.63) is 30.1 Å². The molecular weight excluding hydrogens is 281 g/mol. The SMILES string of the molecule is O=C(O)CC1C(=O)NCCN1C(=O)Nc1cccc(F)c1. The predicted molar refractivity (Wildman–Crippen MR) is 71.2 cm³/mol. The number of benzene rings is 1. The number of carboxylic acids is 1. The zero-order valence-corrected chi connectivity index (χ0v) is 11.0. The fraction of sp³-hybridized carbons (Fsp3) is 0.308. The largest absolute Gasteiger partial charge is 0.481 e. The van der Waals surface area contributed by atoms with Crippen molar-refractivity contribution >= 4 is 23.6 Å². The smallest absolute Gasteiger partial charge is 0.322 e. The minimum atomic E-state index is -1.18. The highest BCUT2D eigenvalue weighted by molar-refractivity contribution is 5.96. The van der Waals surface area contributed by atoms with Crippen LogP contribution in [0.2, 0.25) is 0 Å². The standard InChI is InChI=1S/C13H14FN3O4/c14-8-2-1-3-9(6-8)16-13(21)17-5-4-15-12(20)10(17)7-11(18)19/h1-3,6,10H,4-5,7H2,(H,15,20)(H,16,21)(H,18,19). The summed E-state index contributed by atoms with van der Waals surface area (Å²) in [6.07, 6.45) is -0.484. The number of piperazine rings is 1. The van der Waals surface area contributed by atoms with Crippen molar-refractivity contribution in [2.45, 2.75) is 12.5 Å². The molecule has 3 amide bonds. The summed E-state index contributed by atoms with van der Waals surface area (Å²) in [4.78, 5) is 35.8. The van der Waals surface area contributed by atoms with Gasteiger partial charge in [0, 0.05) is 18.8 Å². The lowest BCUT2D eigenvalue weighted by Crippen LogP contribution is -2.58. The van der Waals surface area contributed by atoms with Gasteiger partial charge in [0.25, 0.3) is 0 Å². The van der Waals surface area contributed by atoms with Gasteiger partial charge in [-0.25, -0.2) is 9.18 Å². The molecule has 1 unspecified atom stereocenters. The van der Waals surface area contributed by atoms with Gasteiger partial charge >= 0.3 is 12.0 Å². The van der Waals surface area contributed by atoms with Crippen LogP contribution >= 0.6 is 0 Å². The zero-order chi connectivity index (χ0) is 15.4. The molecular formula is C13H14FN3O4. The van der Waals surface area contributed by atoms with Crippen molar-refractivity contribution in [1.82, 2.24) is 10.2 Å². The lowest BCUT2D eigenvalue weighted by atomic mass is 10.1. The molecule has 1 saturated heterocycles. The number of hydrogen-bond acceptors (Lipinski definition) is 3. The van der Waals surface area contributed by atoms with Gasteiger partial charge in [-0.2, -0.15) is 0 Å². The summed E-state index contributed by atoms with van der Waals surface area (Å²) in [5.41, 5.74) is 0.236. The van der Waals surface area contributed by atoms with Crippen molar-refractivity contribution in [3.63, 3.8) is 0 Å². The average molecular weight is 295 g/mol. The lowest BCUT2D eigenvalue weighted by Gasteiger charge is -2.34. The molecule has 1 aliphatic heterocycles. The van der Waals surface area contributed by atoms with E-state index >= 15 is 0 Å². The van der Waals surface area contributed by atoms with Crippen molar-refractivity contribution in [3.8, 4) is 0 Å². The second kappa shape index (κ2) is 6.21. The molecule has 0 aromatic heterocycles. The monoisotopic (exact) mass is 295 g/mol. The first-order valence-electron chi connectivity index (χ1n) is 6.30. The van der Waals surface area contributed by atoms with E-state index < -0.39 is 36.2 Å². The molecule has 1 fully saturated rings. The topological polar surface area (TPSA) is 98.7 Å². The minimum Gasteiger partial charge on any atom is -0.481 e. The quantitative estimate of drug-likeness (QED) is 0.761. The molecule has 1 atom stereocenters. The summed E-state index contributed by atoms with van der Waals surface area (Å²) in [7, 11) is 0. The molecule has 0 saturated carbocycles. The molecule has 0 bridgehead atoms. The van der Waals surface area contributed by atoms with Crippen LogP contribution in [0.25, 0.3) is 0 Å². The third-order valence-corrected chi connectivity index (χ3v) is 3.04. The molecule has 8 heteroatoms. The van der Waals surface area contributed by atoms with Gasteiger partial charge in [0.1, 0.15) is 11.9 Å². The van der Waals surface area contributed by atoms with Crippen molar-refractivity contribution < 1.29 is 23.9 Å². The van der Waals surface area contributed by atoms with E-state index in [0.717, 1.165) is 11.0 Å². The third kappa shape index (κ3) is 3.68. The van der Waals surface area contributed by atoms with E-state index in [-0.39, 0.29) is 18.8 Å². The van der Waals surface area contributed by atoms with Gasteiger partial charge in [0.05, 0.1) is 6.42 Å². The molecule has 1 heterocycles. The number of rotatable bonds is 3. The fourth-order valence-corrected chi connectivity index (χ4v) is 2.09. The van der Waals surface area contributed by atoms with Crippen LogP contribution in [0.15, 0.2) is 24.3 Å². The first kappa shape index (κ1) is 14.8. The van der Waals surface area contributed by atoms with E-state index in [2.05, 4.69) is 10.6 Å². The average Bonchev–Trinajstić information content (AvgIpc) is 2.40. The number of halogens is 1. The van der Waals surface area contributed by atoms with E-state index in [9.17, 15) is 18.8 Å². The van der Waals surface area contributed by atoms with Crippen LogP contribution in [-0.4, -0.2) is 47.0 Å². The second-order valence-corrected chi connectivity index (χ2v) is 4.54. The number of carboxylic acid groups (broad SMARTS) is 1. The molecule has 7 nitrogen and oxygen atoms in total. The van der Waals surface area contributed by atoms with Crippen LogP contribution in [0.3, 0.4) is 0 Å². The maximum Gasteiger partial charge on any atom is 0.322 e. The molecule has 3 N–H and O–H groups in total. The number of anilines is 1. The predicted octanol–water partition coefficient (Wildman–Crippen LogP) is 0.633. The number of urea groups is 1. The van der Waals surface area contributed by atoms with Gasteiger partial charge in [-0.3, -0.25) is 9.59 Å². The number of aliphatic carboxylic acids is 1. The number of carbonyl (C=O) groups is 3. The molecule has 1 aromatic carbocycles. The molecule has 112 valence electrons. The van der Waals surface area contributed by atoms with Crippen LogP contribution in [0, 0.1) is 5.82 Å². The van der Waals surface area contributed by atoms with Crippen LogP contribution in [0.4, 0.5) is 14.9 Å². The molecule has 0 aliphatic carbocycles. The number of nitrogens with zero attached hydrogens (tertiary/aromatic N) is 1. The number of carbonyl (C=O) groups excluding carboxylic acids is 2. The van der Waals surface area contributed by atoms with E-state index in [1.54, 1.807) is 0 Å². The molecule has 1 aliphatic rings. The summed E-state index contributed by atoms with van der Waals surface area (Å²) in [5.74, 6) is -2.20. The van der Waals surface area contributed by atoms with Crippen LogP contribution in [0.5, 0.6) is 0 Å². The van der Waals surface area contributed by atoms with Gasteiger partial charge in [-0.05, 0) is 18.2 Å². The zero-order valence-electron chi connectivity index (χ0n) is 11.0. The van der Waals surface area contributed by atoms with Gasteiger partial charge in [-0.15, -0.1) is 0 Å². The van der Waals surface area contributed by atoms with Crippen molar-refractivity contribution in [2.24, 2.45) is 0 Å². The maximum atomic E-state index is 13.1. The first-order valence-corrected chi connectivity index (χ1v) is 6.30. The van der Waals surface area contributed by atoms with Crippen molar-refractivity contribution in [1.29, 1.82) is 0 Å². The Morgan fingerprint density at radius 3 is 2.90 bits per heavy atom. The van der Waals surface area contributed by atoms with Gasteiger partial charge in [0.2, 0.25) is 5.91 Å². The second-order valence-electron chi connectivity index (χ2n) is 4.54. The molecule has 2 rings (SSSR count). The third-order valence-electron chi connectivity index (χ3n) is 3.04. The summed E-state index contributed by atoms with van der Waals surface area (Å²) in [6.45, 7) is 0.427. The summed E-state index contributed by atoms with van der Waals surface area (Å²) in [5, 5.41) is 13.8. The van der Waals surface area contributed by atoms with Crippen LogP contribution < -0.4 is 10.6 Å². The van der Waals surface area contributed by atoms with E-state index in [1.165, 1.54) is 18.2 Å². The fourth-order valence-electron chi connectivity index (χ4n) is 2.09. The molecule has 0 spiro atoms. The maximum absolute atomic E-state index is 13.1. The van der Waals surface area contributed by atoms with Crippen LogP contribution in [0.1, 0.15) is 6.42 Å². The Morgan fingerprint density at radius 2 is 2.24 bits per heavy atom. The Balaban J connectivity index is 2.11. The number of nitrogens with one attached hydrogen (secondary N) is 2. The highest BCUT2D eigenvalue weighted by Crippen LogP contribution is 2.14. The van der Waals surface area contributed by atoms with E-state index in [1.807, 2.05) is 0 Å². The molecule has 1 aromatic rings. The number of hydrogen-bond donors (Lipinski definition) is 3. The Bertz CT molecular complexity index is 578. The minimum absolute atomic E-state index is 0.185. The first-order chi connectivity index (χ1) is 9.97. The van der Waals surface area contributed by atoms with E-state index in [4.69, 9.17) is 5.11 Å².